The van der Waals surface area contributed by atoms with Crippen LogP contribution in [0.3, 0.4) is 0 Å². The van der Waals surface area contributed by atoms with Crippen molar-refractivity contribution >= 4 is 21.8 Å². The molecule has 0 radical (unpaired) electrons. The lowest BCUT2D eigenvalue weighted by molar-refractivity contribution is 0.639. The van der Waals surface area contributed by atoms with Gasteiger partial charge in [-0.05, 0) is 53.3 Å². The van der Waals surface area contributed by atoms with Crippen molar-refractivity contribution in [2.75, 3.05) is 0 Å². The van der Waals surface area contributed by atoms with Crippen LogP contribution in [0.5, 0.6) is 0 Å². The van der Waals surface area contributed by atoms with Gasteiger partial charge in [0.05, 0.1) is 11.0 Å². The molecule has 2 aromatic heterocycles. The largest absolute Gasteiger partial charge is 0.309 e. The van der Waals surface area contributed by atoms with E-state index in [2.05, 4.69) is 120 Å². The molecule has 218 valence electrons. The van der Waals surface area contributed by atoms with Gasteiger partial charge < -0.3 is 4.57 Å². The van der Waals surface area contributed by atoms with E-state index in [4.69, 9.17) is 15.0 Å². The average molecular weight is 591 g/mol. The summed E-state index contributed by atoms with van der Waals surface area (Å²) in [6.45, 7) is 0. The fourth-order valence-electron chi connectivity index (χ4n) is 7.17. The molecular weight excluding hydrogens is 560 g/mol. The number of para-hydroxylation sites is 2. The van der Waals surface area contributed by atoms with Gasteiger partial charge in [0.1, 0.15) is 5.82 Å². The van der Waals surface area contributed by atoms with Crippen molar-refractivity contribution in [1.82, 2.24) is 19.5 Å². The van der Waals surface area contributed by atoms with Crippen LogP contribution in [0.4, 0.5) is 0 Å². The quantitative estimate of drug-likeness (QED) is 0.205. The van der Waals surface area contributed by atoms with Crippen LogP contribution in [0.15, 0.2) is 152 Å². The second-order valence-corrected chi connectivity index (χ2v) is 12.0. The Morgan fingerprint density at radius 2 is 1.09 bits per heavy atom. The highest BCUT2D eigenvalue weighted by Crippen LogP contribution is 2.44. The average Bonchev–Trinajstić information content (AvgIpc) is 3.37. The summed E-state index contributed by atoms with van der Waals surface area (Å²) in [4.78, 5) is 15.4. The Bertz CT molecular complexity index is 2300. The minimum atomic E-state index is 0.0446. The molecule has 0 saturated carbocycles. The van der Waals surface area contributed by atoms with Crippen molar-refractivity contribution in [2.24, 2.45) is 0 Å². The van der Waals surface area contributed by atoms with Crippen molar-refractivity contribution < 1.29 is 0 Å². The monoisotopic (exact) mass is 590 g/mol. The van der Waals surface area contributed by atoms with Gasteiger partial charge in [0.15, 0.2) is 11.6 Å². The highest BCUT2D eigenvalue weighted by atomic mass is 15.0. The Balaban J connectivity index is 1.32. The molecule has 1 aliphatic rings. The zero-order valence-corrected chi connectivity index (χ0v) is 25.2. The van der Waals surface area contributed by atoms with E-state index >= 15 is 0 Å². The predicted octanol–water partition coefficient (Wildman–Crippen LogP) is 9.85. The molecule has 4 nitrogen and oxygen atoms in total. The van der Waals surface area contributed by atoms with E-state index in [0.29, 0.717) is 11.6 Å². The second kappa shape index (κ2) is 10.9. The molecule has 9 rings (SSSR count). The molecule has 0 amide bonds. The third-order valence-electron chi connectivity index (χ3n) is 9.26. The number of benzene rings is 6. The summed E-state index contributed by atoms with van der Waals surface area (Å²) >= 11 is 0. The lowest BCUT2D eigenvalue weighted by Crippen LogP contribution is -2.13. The third kappa shape index (κ3) is 4.41. The fraction of sp³-hybridized carbons (Fsp3) is 0.0714. The van der Waals surface area contributed by atoms with E-state index in [0.717, 1.165) is 35.5 Å². The Kier molecular flexibility index (Phi) is 6.31. The second-order valence-electron chi connectivity index (χ2n) is 12.0. The van der Waals surface area contributed by atoms with E-state index in [1.165, 1.54) is 44.1 Å². The van der Waals surface area contributed by atoms with Gasteiger partial charge in [0.25, 0.3) is 0 Å². The lowest BCUT2D eigenvalue weighted by Gasteiger charge is -2.18. The number of rotatable bonds is 4. The van der Waals surface area contributed by atoms with Gasteiger partial charge in [-0.3, -0.25) is 0 Å². The highest BCUT2D eigenvalue weighted by Gasteiger charge is 2.29. The van der Waals surface area contributed by atoms with Crippen LogP contribution in [0.2, 0.25) is 0 Å². The van der Waals surface area contributed by atoms with Crippen LogP contribution in [-0.4, -0.2) is 19.5 Å². The number of hydrogen-bond acceptors (Lipinski definition) is 3. The van der Waals surface area contributed by atoms with Crippen LogP contribution < -0.4 is 0 Å². The SMILES string of the molecule is c1ccc(-c2nc(-c3ccccc3)nc(C3Cc4ccccc4-c4ccc5c6ccccc6n(-c6ccccc6)c5c4C3)n2)cc1. The first-order valence-corrected chi connectivity index (χ1v) is 15.9. The molecule has 1 unspecified atom stereocenters. The molecule has 4 heteroatoms. The smallest absolute Gasteiger partial charge is 0.163 e. The molecule has 6 aromatic carbocycles. The maximum absolute atomic E-state index is 5.21. The lowest BCUT2D eigenvalue weighted by atomic mass is 9.92. The van der Waals surface area contributed by atoms with Crippen molar-refractivity contribution in [3.05, 3.63) is 169 Å². The van der Waals surface area contributed by atoms with E-state index in [1.807, 2.05) is 36.4 Å². The summed E-state index contributed by atoms with van der Waals surface area (Å²) in [6.07, 6.45) is 1.64. The van der Waals surface area contributed by atoms with Crippen LogP contribution in [-0.2, 0) is 12.8 Å². The normalized spacial score (nSPS) is 14.1. The van der Waals surface area contributed by atoms with Gasteiger partial charge in [-0.2, -0.15) is 0 Å². The predicted molar refractivity (Wildman–Crippen MR) is 187 cm³/mol. The molecule has 8 aromatic rings. The standard InChI is InChI=1S/C42H30N4/c1-4-14-28(15-5-1)40-43-41(29-16-6-2-7-17-29)45-42(44-40)31-26-30-18-10-11-21-33(30)34-24-25-36-35-22-12-13-23-38(35)46(39(36)37(34)27-31)32-19-8-3-9-20-32/h1-25,31H,26-27H2. The van der Waals surface area contributed by atoms with Gasteiger partial charge >= 0.3 is 0 Å². The first kappa shape index (κ1) is 26.5. The maximum Gasteiger partial charge on any atom is 0.163 e. The van der Waals surface area contributed by atoms with Gasteiger partial charge in [-0.1, -0.05) is 133 Å². The molecule has 46 heavy (non-hydrogen) atoms. The molecule has 2 heterocycles. The minimum absolute atomic E-state index is 0.0446. The molecule has 0 aliphatic heterocycles. The number of fused-ring (bicyclic) bond motifs is 7. The first-order valence-electron chi connectivity index (χ1n) is 15.9. The molecule has 0 spiro atoms. The maximum atomic E-state index is 5.21. The molecular formula is C42H30N4. The zero-order valence-electron chi connectivity index (χ0n) is 25.2. The molecule has 1 aliphatic carbocycles. The van der Waals surface area contributed by atoms with Gasteiger partial charge in [-0.15, -0.1) is 0 Å². The summed E-state index contributed by atoms with van der Waals surface area (Å²) < 4.78 is 2.45. The molecule has 0 bridgehead atoms. The van der Waals surface area contributed by atoms with E-state index in [-0.39, 0.29) is 5.92 Å². The Hall–Kier alpha value is -5.87. The van der Waals surface area contributed by atoms with Gasteiger partial charge in [-0.25, -0.2) is 15.0 Å². The minimum Gasteiger partial charge on any atom is -0.309 e. The number of aromatic nitrogens is 4. The fourth-order valence-corrected chi connectivity index (χ4v) is 7.17. The van der Waals surface area contributed by atoms with Crippen molar-refractivity contribution in [2.45, 2.75) is 18.8 Å². The third-order valence-corrected chi connectivity index (χ3v) is 9.26. The van der Waals surface area contributed by atoms with Crippen molar-refractivity contribution in [3.8, 4) is 39.6 Å². The number of hydrogen-bond donors (Lipinski definition) is 0. The summed E-state index contributed by atoms with van der Waals surface area (Å²) in [6, 6.07) is 53.5. The van der Waals surface area contributed by atoms with E-state index < -0.39 is 0 Å². The zero-order chi connectivity index (χ0) is 30.5. The molecule has 0 saturated heterocycles. The van der Waals surface area contributed by atoms with Crippen LogP contribution in [0, 0.1) is 0 Å². The van der Waals surface area contributed by atoms with Gasteiger partial charge in [0, 0.05) is 33.5 Å². The topological polar surface area (TPSA) is 43.6 Å². The van der Waals surface area contributed by atoms with Crippen molar-refractivity contribution in [3.63, 3.8) is 0 Å². The Morgan fingerprint density at radius 1 is 0.478 bits per heavy atom. The summed E-state index contributed by atoms with van der Waals surface area (Å²) in [5, 5.41) is 2.53. The van der Waals surface area contributed by atoms with E-state index in [1.54, 1.807) is 0 Å². The van der Waals surface area contributed by atoms with E-state index in [9.17, 15) is 0 Å². The van der Waals surface area contributed by atoms with Crippen LogP contribution in [0.25, 0.3) is 61.4 Å². The van der Waals surface area contributed by atoms with Gasteiger partial charge in [0.2, 0.25) is 0 Å². The highest BCUT2D eigenvalue weighted by molar-refractivity contribution is 6.12. The Labute approximate surface area is 267 Å². The first-order chi connectivity index (χ1) is 22.8. The number of nitrogens with zero attached hydrogens (tertiary/aromatic N) is 4. The summed E-state index contributed by atoms with van der Waals surface area (Å²) in [5.74, 6) is 2.29. The van der Waals surface area contributed by atoms with Crippen LogP contribution in [0.1, 0.15) is 22.9 Å². The molecule has 0 N–H and O–H groups in total. The molecule has 1 atom stereocenters. The van der Waals surface area contributed by atoms with Crippen LogP contribution >= 0.6 is 0 Å². The Morgan fingerprint density at radius 3 is 1.80 bits per heavy atom. The van der Waals surface area contributed by atoms with Crippen molar-refractivity contribution in [1.29, 1.82) is 0 Å². The molecule has 0 fully saturated rings. The summed E-state index contributed by atoms with van der Waals surface area (Å²) in [7, 11) is 0. The summed E-state index contributed by atoms with van der Waals surface area (Å²) in [5.41, 5.74) is 10.8.